The minimum atomic E-state index is -3.64. The number of hydrogen-bond donors (Lipinski definition) is 2. The number of aryl methyl sites for hydroxylation is 1. The molecule has 0 fully saturated rings. The second-order valence-corrected chi connectivity index (χ2v) is 7.12. The molecular formula is C14H15N3O7S. The Morgan fingerprint density at radius 3 is 2.60 bits per heavy atom. The maximum atomic E-state index is 11.9. The van der Waals surface area contributed by atoms with Crippen LogP contribution in [0.2, 0.25) is 0 Å². The molecule has 1 amide bonds. The zero-order valence-electron chi connectivity index (χ0n) is 13.3. The summed E-state index contributed by atoms with van der Waals surface area (Å²) >= 11 is 0. The van der Waals surface area contributed by atoms with Crippen LogP contribution in [0.25, 0.3) is 0 Å². The molecule has 134 valence electrons. The maximum absolute atomic E-state index is 11.9. The highest BCUT2D eigenvalue weighted by Crippen LogP contribution is 2.19. The van der Waals surface area contributed by atoms with E-state index in [0.717, 1.165) is 18.4 Å². The van der Waals surface area contributed by atoms with Gasteiger partial charge in [-0.25, -0.2) is 13.2 Å². The minimum absolute atomic E-state index is 0.0301. The molecular weight excluding hydrogens is 354 g/mol. The van der Waals surface area contributed by atoms with Crippen molar-refractivity contribution in [3.8, 4) is 0 Å². The third-order valence-electron chi connectivity index (χ3n) is 2.89. The van der Waals surface area contributed by atoms with E-state index in [2.05, 4.69) is 15.5 Å². The number of sulfone groups is 1. The number of ether oxygens (including phenoxy) is 1. The fourth-order valence-corrected chi connectivity index (χ4v) is 2.52. The van der Waals surface area contributed by atoms with E-state index in [1.807, 2.05) is 0 Å². The van der Waals surface area contributed by atoms with Gasteiger partial charge >= 0.3 is 5.97 Å². The van der Waals surface area contributed by atoms with Crippen molar-refractivity contribution in [2.24, 2.45) is 0 Å². The lowest BCUT2D eigenvalue weighted by Gasteiger charge is -2.08. The first kappa shape index (κ1) is 18.5. The minimum Gasteiger partial charge on any atom is -0.478 e. The topological polar surface area (TPSA) is 149 Å². The van der Waals surface area contributed by atoms with Crippen molar-refractivity contribution in [1.29, 1.82) is 0 Å². The number of rotatable bonds is 7. The lowest BCUT2D eigenvalue weighted by Crippen LogP contribution is -2.19. The number of anilines is 1. The molecule has 0 bridgehead atoms. The molecule has 2 rings (SSSR count). The van der Waals surface area contributed by atoms with E-state index >= 15 is 0 Å². The molecule has 0 spiro atoms. The number of carbonyl (C=O) groups is 2. The van der Waals surface area contributed by atoms with Crippen molar-refractivity contribution in [3.63, 3.8) is 0 Å². The van der Waals surface area contributed by atoms with Gasteiger partial charge < -0.3 is 19.7 Å². The molecule has 0 aliphatic carbocycles. The quantitative estimate of drug-likeness (QED) is 0.716. The van der Waals surface area contributed by atoms with Crippen LogP contribution in [-0.4, -0.2) is 48.4 Å². The Morgan fingerprint density at radius 1 is 1.32 bits per heavy atom. The summed E-state index contributed by atoms with van der Waals surface area (Å²) in [6.07, 6.45) is 0.940. The Labute approximate surface area is 142 Å². The molecule has 2 N–H and O–H groups in total. The van der Waals surface area contributed by atoms with Crippen LogP contribution in [0.3, 0.4) is 0 Å². The van der Waals surface area contributed by atoms with E-state index in [0.29, 0.717) is 5.82 Å². The molecule has 1 aromatic heterocycles. The predicted molar refractivity (Wildman–Crippen MR) is 83.8 cm³/mol. The zero-order valence-corrected chi connectivity index (χ0v) is 14.2. The summed E-state index contributed by atoms with van der Waals surface area (Å²) in [4.78, 5) is 26.6. The van der Waals surface area contributed by atoms with E-state index in [1.54, 1.807) is 6.92 Å². The molecule has 0 atom stereocenters. The maximum Gasteiger partial charge on any atom is 0.335 e. The Balaban J connectivity index is 2.04. The van der Waals surface area contributed by atoms with E-state index < -0.39 is 21.7 Å². The molecule has 0 saturated carbocycles. The fourth-order valence-electron chi connectivity index (χ4n) is 1.84. The second kappa shape index (κ2) is 7.40. The van der Waals surface area contributed by atoms with Crippen molar-refractivity contribution in [2.45, 2.75) is 18.4 Å². The van der Waals surface area contributed by atoms with Crippen molar-refractivity contribution in [3.05, 3.63) is 35.5 Å². The molecule has 11 heteroatoms. The summed E-state index contributed by atoms with van der Waals surface area (Å²) in [6.45, 7) is 1.19. The Hall–Kier alpha value is -2.79. The van der Waals surface area contributed by atoms with E-state index in [1.165, 1.54) is 6.07 Å². The molecule has 1 aromatic carbocycles. The number of nitrogens with zero attached hydrogens (tertiary/aromatic N) is 2. The number of carboxylic acids is 1. The third kappa shape index (κ3) is 5.36. The van der Waals surface area contributed by atoms with Gasteiger partial charge in [0, 0.05) is 11.9 Å². The highest BCUT2D eigenvalue weighted by Gasteiger charge is 2.15. The first-order chi connectivity index (χ1) is 11.6. The lowest BCUT2D eigenvalue weighted by atomic mass is 10.2. The average Bonchev–Trinajstić information content (AvgIpc) is 2.91. The molecule has 2 aromatic rings. The van der Waals surface area contributed by atoms with Crippen LogP contribution >= 0.6 is 0 Å². The number of aromatic nitrogens is 2. The van der Waals surface area contributed by atoms with Crippen LogP contribution in [0.1, 0.15) is 22.1 Å². The SMILES string of the molecule is Cc1noc(COCC(=O)Nc2cc(C(=O)O)cc(S(C)(=O)=O)c2)n1. The van der Waals surface area contributed by atoms with Gasteiger partial charge in [-0.1, -0.05) is 5.16 Å². The molecule has 0 unspecified atom stereocenters. The van der Waals surface area contributed by atoms with E-state index in [-0.39, 0.29) is 35.3 Å². The molecule has 0 aliphatic rings. The van der Waals surface area contributed by atoms with Gasteiger partial charge in [-0.2, -0.15) is 4.98 Å². The van der Waals surface area contributed by atoms with Crippen LogP contribution in [-0.2, 0) is 26.0 Å². The number of benzene rings is 1. The molecule has 0 aliphatic heterocycles. The van der Waals surface area contributed by atoms with Crippen LogP contribution < -0.4 is 5.32 Å². The van der Waals surface area contributed by atoms with E-state index in [9.17, 15) is 18.0 Å². The highest BCUT2D eigenvalue weighted by atomic mass is 32.2. The van der Waals surface area contributed by atoms with Crippen molar-refractivity contribution in [1.82, 2.24) is 10.1 Å². The van der Waals surface area contributed by atoms with Gasteiger partial charge in [0.05, 0.1) is 10.5 Å². The van der Waals surface area contributed by atoms with Crippen LogP contribution in [0.15, 0.2) is 27.6 Å². The van der Waals surface area contributed by atoms with Crippen molar-refractivity contribution < 1.29 is 32.4 Å². The Morgan fingerprint density at radius 2 is 2.04 bits per heavy atom. The van der Waals surface area contributed by atoms with Crippen molar-refractivity contribution in [2.75, 3.05) is 18.2 Å². The van der Waals surface area contributed by atoms with Gasteiger partial charge in [0.25, 0.3) is 5.89 Å². The molecule has 0 saturated heterocycles. The molecule has 0 radical (unpaired) electrons. The number of aromatic carboxylic acids is 1. The molecule has 10 nitrogen and oxygen atoms in total. The van der Waals surface area contributed by atoms with Gasteiger partial charge in [-0.3, -0.25) is 4.79 Å². The normalized spacial score (nSPS) is 11.3. The first-order valence-electron chi connectivity index (χ1n) is 6.90. The highest BCUT2D eigenvalue weighted by molar-refractivity contribution is 7.90. The monoisotopic (exact) mass is 369 g/mol. The summed E-state index contributed by atoms with van der Waals surface area (Å²) in [5, 5.41) is 15.0. The van der Waals surface area contributed by atoms with Gasteiger partial charge in [-0.15, -0.1) is 0 Å². The first-order valence-corrected chi connectivity index (χ1v) is 8.79. The largest absolute Gasteiger partial charge is 0.478 e. The summed E-state index contributed by atoms with van der Waals surface area (Å²) < 4.78 is 33.2. The number of hydrogen-bond acceptors (Lipinski definition) is 8. The standard InChI is InChI=1S/C14H15N3O7S/c1-8-15-13(24-17-8)7-23-6-12(18)16-10-3-9(14(19)20)4-11(5-10)25(2,21)22/h3-5H,6-7H2,1-2H3,(H,16,18)(H,19,20). The molecule has 1 heterocycles. The summed E-state index contributed by atoms with van der Waals surface area (Å²) in [5.41, 5.74) is -0.233. The second-order valence-electron chi connectivity index (χ2n) is 5.10. The van der Waals surface area contributed by atoms with Gasteiger partial charge in [-0.05, 0) is 25.1 Å². The smallest absolute Gasteiger partial charge is 0.335 e. The zero-order chi connectivity index (χ0) is 18.6. The Bertz CT molecular complexity index is 905. The lowest BCUT2D eigenvalue weighted by molar-refractivity contribution is -0.121. The third-order valence-corrected chi connectivity index (χ3v) is 3.99. The Kier molecular flexibility index (Phi) is 5.49. The number of nitrogens with one attached hydrogen (secondary N) is 1. The summed E-state index contributed by atoms with van der Waals surface area (Å²) in [6, 6.07) is 3.33. The van der Waals surface area contributed by atoms with Gasteiger partial charge in [0.1, 0.15) is 13.2 Å². The van der Waals surface area contributed by atoms with Crippen LogP contribution in [0, 0.1) is 6.92 Å². The fraction of sp³-hybridized carbons (Fsp3) is 0.286. The van der Waals surface area contributed by atoms with Crippen LogP contribution in [0.4, 0.5) is 5.69 Å². The van der Waals surface area contributed by atoms with Gasteiger partial charge in [0.2, 0.25) is 5.91 Å². The average molecular weight is 369 g/mol. The predicted octanol–water partition coefficient (Wildman–Crippen LogP) is 0.635. The van der Waals surface area contributed by atoms with E-state index in [4.69, 9.17) is 14.4 Å². The van der Waals surface area contributed by atoms with Gasteiger partial charge in [0.15, 0.2) is 15.7 Å². The molecule has 25 heavy (non-hydrogen) atoms. The van der Waals surface area contributed by atoms with Crippen LogP contribution in [0.5, 0.6) is 0 Å². The van der Waals surface area contributed by atoms with Crippen molar-refractivity contribution >= 4 is 27.4 Å². The summed E-state index contributed by atoms with van der Waals surface area (Å²) in [5.74, 6) is -1.28. The summed E-state index contributed by atoms with van der Waals surface area (Å²) in [7, 11) is -3.64. The number of carboxylic acid groups (broad SMARTS) is 1. The number of carbonyl (C=O) groups excluding carboxylic acids is 1. The number of amides is 1.